The number of anilines is 4. The molecule has 0 radical (unpaired) electrons. The van der Waals surface area contributed by atoms with Crippen LogP contribution in [0.25, 0.3) is 21.5 Å². The van der Waals surface area contributed by atoms with Gasteiger partial charge in [-0.25, -0.2) is 38.8 Å². The van der Waals surface area contributed by atoms with Crippen LogP contribution in [-0.2, 0) is 0 Å². The molecule has 0 aliphatic carbocycles. The minimum atomic E-state index is -1.27. The molecule has 0 atom stereocenters. The maximum absolute atomic E-state index is 14.4. The summed E-state index contributed by atoms with van der Waals surface area (Å²) in [6.07, 6.45) is 0. The van der Waals surface area contributed by atoms with Gasteiger partial charge in [-0.15, -0.1) is 10.2 Å². The van der Waals surface area contributed by atoms with Gasteiger partial charge >= 0.3 is 24.1 Å². The van der Waals surface area contributed by atoms with Crippen LogP contribution in [0.4, 0.5) is 64.7 Å². The Morgan fingerprint density at radius 2 is 0.619 bits per heavy atom. The number of rotatable bonds is 12. The molecule has 9 rings (SSSR count). The molecular formula is C58H38Cl4N12O10. The summed E-state index contributed by atoms with van der Waals surface area (Å²) < 4.78 is 0. The lowest BCUT2D eigenvalue weighted by Crippen LogP contribution is -2.41. The zero-order chi connectivity index (χ0) is 60.3. The Morgan fingerprint density at radius 3 is 0.893 bits per heavy atom. The van der Waals surface area contributed by atoms with Crippen LogP contribution in [-0.4, -0.2) is 58.0 Å². The number of carbonyl (C=O) groups is 8. The normalized spacial score (nSPS) is 11.2. The van der Waals surface area contributed by atoms with Gasteiger partial charge in [0.15, 0.2) is 11.5 Å². The Bertz CT molecular complexity index is 4060. The number of urea groups is 4. The van der Waals surface area contributed by atoms with E-state index in [9.17, 15) is 48.6 Å². The Labute approximate surface area is 493 Å². The van der Waals surface area contributed by atoms with E-state index in [0.717, 1.165) is 12.1 Å². The van der Waals surface area contributed by atoms with Crippen LogP contribution in [0.3, 0.4) is 0 Å². The molecule has 84 heavy (non-hydrogen) atoms. The number of nitrogens with two attached hydrogens (primary N) is 4. The Hall–Kier alpha value is -10.8. The number of azo groups is 2. The summed E-state index contributed by atoms with van der Waals surface area (Å²) in [6.45, 7) is 0. The van der Waals surface area contributed by atoms with Crippen LogP contribution in [0.1, 0.15) is 41.4 Å². The minimum Gasteiger partial charge on any atom is -0.505 e. The molecule has 9 aromatic carbocycles. The molecule has 0 aliphatic rings. The van der Waals surface area contributed by atoms with E-state index in [4.69, 9.17) is 69.3 Å². The maximum Gasteiger partial charge on any atom is 0.326 e. The number of fused-ring (bicyclic) bond motifs is 2. The third kappa shape index (κ3) is 11.4. The van der Waals surface area contributed by atoms with Gasteiger partial charge in [0.1, 0.15) is 11.4 Å². The number of amides is 12. The van der Waals surface area contributed by atoms with Crippen molar-refractivity contribution in [2.24, 2.45) is 43.4 Å². The smallest absolute Gasteiger partial charge is 0.326 e. The number of hydrogen-bond acceptors (Lipinski definition) is 14. The minimum absolute atomic E-state index is 0.0248. The van der Waals surface area contributed by atoms with E-state index in [1.807, 2.05) is 0 Å². The van der Waals surface area contributed by atoms with Crippen molar-refractivity contribution in [1.29, 1.82) is 0 Å². The van der Waals surface area contributed by atoms with Crippen LogP contribution >= 0.6 is 46.4 Å². The van der Waals surface area contributed by atoms with Gasteiger partial charge in [-0.05, 0) is 120 Å². The van der Waals surface area contributed by atoms with Crippen LogP contribution in [0.2, 0.25) is 20.1 Å². The highest BCUT2D eigenvalue weighted by molar-refractivity contribution is 6.38. The van der Waals surface area contributed by atoms with E-state index in [1.165, 1.54) is 133 Å². The first-order chi connectivity index (χ1) is 40.2. The van der Waals surface area contributed by atoms with Crippen molar-refractivity contribution in [1.82, 2.24) is 0 Å². The van der Waals surface area contributed by atoms with Crippen LogP contribution in [0, 0.1) is 0 Å². The second kappa shape index (κ2) is 24.1. The number of hydrogen-bond donors (Lipinski definition) is 6. The summed E-state index contributed by atoms with van der Waals surface area (Å²) in [5, 5.41) is 41.2. The molecule has 0 aliphatic heterocycles. The molecule has 22 nitrogen and oxygen atoms in total. The number of nitrogens with zero attached hydrogens (tertiary/aromatic N) is 8. The van der Waals surface area contributed by atoms with E-state index in [2.05, 4.69) is 20.5 Å². The average Bonchev–Trinajstić information content (AvgIpc) is 3.63. The van der Waals surface area contributed by atoms with E-state index in [1.54, 1.807) is 24.3 Å². The van der Waals surface area contributed by atoms with E-state index in [-0.39, 0.29) is 98.3 Å². The summed E-state index contributed by atoms with van der Waals surface area (Å²) in [5.41, 5.74) is 20.6. The van der Waals surface area contributed by atoms with E-state index >= 15 is 0 Å². The number of carbonyl (C=O) groups excluding carboxylic acids is 8. The molecule has 9 aromatic rings. The molecule has 0 fully saturated rings. The molecule has 26 heteroatoms. The second-order valence-corrected chi connectivity index (χ2v) is 19.4. The van der Waals surface area contributed by atoms with Gasteiger partial charge in [-0.1, -0.05) is 107 Å². The zero-order valence-electron chi connectivity index (χ0n) is 42.7. The fraction of sp³-hybridized carbons (Fsp3) is 0. The molecule has 0 spiro atoms. The van der Waals surface area contributed by atoms with Gasteiger partial charge in [-0.2, -0.15) is 10.2 Å². The number of imide groups is 4. The monoisotopic (exact) mass is 1200 g/mol. The van der Waals surface area contributed by atoms with Crippen molar-refractivity contribution < 1.29 is 48.6 Å². The van der Waals surface area contributed by atoms with Crippen LogP contribution < -0.4 is 42.5 Å². The Kier molecular flexibility index (Phi) is 16.6. The van der Waals surface area contributed by atoms with Crippen molar-refractivity contribution in [3.63, 3.8) is 0 Å². The number of benzene rings is 9. The number of para-hydroxylation sites is 4. The first-order valence-electron chi connectivity index (χ1n) is 24.2. The van der Waals surface area contributed by atoms with Crippen molar-refractivity contribution in [2.45, 2.75) is 0 Å². The highest BCUT2D eigenvalue weighted by atomic mass is 35.5. The quantitative estimate of drug-likeness (QED) is 0.0628. The zero-order valence-corrected chi connectivity index (χ0v) is 45.7. The summed E-state index contributed by atoms with van der Waals surface area (Å²) >= 11 is 25.5. The number of halogens is 4. The molecule has 0 bridgehead atoms. The molecule has 0 heterocycles. The van der Waals surface area contributed by atoms with Gasteiger partial charge in [0.25, 0.3) is 23.6 Å². The average molecular weight is 1200 g/mol. The second-order valence-electron chi connectivity index (χ2n) is 17.8. The predicted octanol–water partition coefficient (Wildman–Crippen LogP) is 13.8. The van der Waals surface area contributed by atoms with Gasteiger partial charge in [0.05, 0.1) is 65.3 Å². The summed E-state index contributed by atoms with van der Waals surface area (Å²) in [5.74, 6) is -5.74. The molecule has 0 saturated heterocycles. The van der Waals surface area contributed by atoms with Gasteiger partial charge < -0.3 is 33.1 Å². The molecule has 0 unspecified atom stereocenters. The lowest BCUT2D eigenvalue weighted by Gasteiger charge is -2.21. The molecular weight excluding hydrogens is 1170 g/mol. The van der Waals surface area contributed by atoms with Crippen molar-refractivity contribution in [2.75, 3.05) is 19.6 Å². The summed E-state index contributed by atoms with van der Waals surface area (Å²) in [7, 11) is 0. The first-order valence-corrected chi connectivity index (χ1v) is 25.7. The molecule has 418 valence electrons. The van der Waals surface area contributed by atoms with Crippen LogP contribution in [0.15, 0.2) is 190 Å². The number of phenolic OH excluding ortho intramolecular Hbond substituents is 2. The highest BCUT2D eigenvalue weighted by Gasteiger charge is 2.33. The van der Waals surface area contributed by atoms with Gasteiger partial charge in [-0.3, -0.25) is 19.2 Å². The largest absolute Gasteiger partial charge is 0.505 e. The molecule has 10 N–H and O–H groups in total. The summed E-state index contributed by atoms with van der Waals surface area (Å²) in [4.78, 5) is 110. The Morgan fingerprint density at radius 1 is 0.345 bits per heavy atom. The standard InChI is InChI=1S/C58H38Cl4N12O10/c59-39-9-1-5-13-43(39)71(55(63)81)51(77)29-17-23-35-31(25-29)27-37(53(79)73(57(65)83)45-15-7-3-11-41(45)61)49(75)47(35)69-67-33-19-21-34(22-20-33)68-70-48-36-24-18-30(52(78)72(56(64)82)44-14-6-2-10-40(44)60)26-32(36)28-38(50(48)76)54(80)74(58(66)84)46-16-8-4-12-42(46)62/h1-28,75-76H,(H2,63,81)(H2,64,82)(H2,65,83)(H2,66,84). The SMILES string of the molecule is NC(=O)N(C(=O)c1ccc2c(N=Nc3ccc(N=Nc4c(O)c(C(=O)N(C(N)=O)c5ccccc5Cl)cc5cc(C(=O)N(C(N)=O)c6ccccc6Cl)ccc45)cc3)c(O)c(C(=O)N(C(N)=O)c3ccccc3Cl)cc2c1)c1ccccc1Cl. The molecule has 0 aromatic heterocycles. The topological polar surface area (TPSA) is 344 Å². The fourth-order valence-electron chi connectivity index (χ4n) is 8.69. The number of phenols is 2. The first kappa shape index (κ1) is 57.9. The maximum atomic E-state index is 14.4. The van der Waals surface area contributed by atoms with Gasteiger partial charge in [0.2, 0.25) is 0 Å². The van der Waals surface area contributed by atoms with Gasteiger partial charge in [0, 0.05) is 21.9 Å². The van der Waals surface area contributed by atoms with Crippen molar-refractivity contribution in [3.05, 3.63) is 212 Å². The molecule has 0 saturated carbocycles. The van der Waals surface area contributed by atoms with E-state index in [0.29, 0.717) is 19.6 Å². The fourth-order valence-corrected chi connectivity index (χ4v) is 9.57. The third-order valence-electron chi connectivity index (χ3n) is 12.6. The molecule has 12 amide bonds. The Balaban J connectivity index is 1.11. The van der Waals surface area contributed by atoms with E-state index < -0.39 is 70.4 Å². The van der Waals surface area contributed by atoms with Crippen LogP contribution in [0.5, 0.6) is 11.5 Å². The summed E-state index contributed by atoms with van der Waals surface area (Å²) in [6, 6.07) is 34.4. The van der Waals surface area contributed by atoms with Crippen molar-refractivity contribution >= 4 is 161 Å². The number of primary amides is 4. The highest BCUT2D eigenvalue weighted by Crippen LogP contribution is 2.44. The van der Waals surface area contributed by atoms with Crippen molar-refractivity contribution in [3.8, 4) is 11.5 Å². The third-order valence-corrected chi connectivity index (χ3v) is 13.9. The number of aromatic hydroxyl groups is 2. The lowest BCUT2D eigenvalue weighted by atomic mass is 9.99. The lowest BCUT2D eigenvalue weighted by molar-refractivity contribution is 0.0983. The predicted molar refractivity (Wildman–Crippen MR) is 317 cm³/mol.